The number of rotatable bonds is 4. The van der Waals surface area contributed by atoms with Crippen molar-refractivity contribution < 1.29 is 4.11 Å². The number of anilines is 6. The van der Waals surface area contributed by atoms with Gasteiger partial charge in [0, 0.05) is 38.1 Å². The van der Waals surface area contributed by atoms with Gasteiger partial charge in [-0.05, 0) is 166 Å². The lowest BCUT2D eigenvalue weighted by Crippen LogP contribution is -2.61. The minimum absolute atomic E-state index is 0.0313. The van der Waals surface area contributed by atoms with Crippen LogP contribution in [0.3, 0.4) is 0 Å². The van der Waals surface area contributed by atoms with E-state index in [1.165, 1.54) is 55.4 Å². The first-order valence-corrected chi connectivity index (χ1v) is 25.4. The third-order valence-electron chi connectivity index (χ3n) is 15.8. The van der Waals surface area contributed by atoms with Crippen LogP contribution in [0.5, 0.6) is 0 Å². The molecule has 10 rings (SSSR count). The molecule has 1 aliphatic carbocycles. The fraction of sp³-hybridized carbons (Fsp3) is 0.364. The van der Waals surface area contributed by atoms with Crippen LogP contribution < -0.4 is 26.2 Å². The minimum atomic E-state index is -2.38. The molecule has 7 aromatic carbocycles. The second-order valence-corrected chi connectivity index (χ2v) is 26.1. The van der Waals surface area contributed by atoms with Crippen LogP contribution in [0.2, 0.25) is 0 Å². The Morgan fingerprint density at radius 3 is 1.39 bits per heavy atom. The van der Waals surface area contributed by atoms with Gasteiger partial charge in [0.05, 0.1) is 5.69 Å². The van der Waals surface area contributed by atoms with Crippen molar-refractivity contribution in [3.63, 3.8) is 0 Å². The molecule has 2 aliphatic heterocycles. The van der Waals surface area contributed by atoms with Crippen LogP contribution in [0.15, 0.2) is 133 Å². The van der Waals surface area contributed by atoms with Gasteiger partial charge in [-0.2, -0.15) is 0 Å². The molecule has 0 radical (unpaired) electrons. The first-order chi connectivity index (χ1) is 33.3. The fourth-order valence-electron chi connectivity index (χ4n) is 12.0. The topological polar surface area (TPSA) is 6.48 Å². The lowest BCUT2D eigenvalue weighted by molar-refractivity contribution is 0.403. The Hall–Kier alpha value is -5.80. The Morgan fingerprint density at radius 1 is 0.420 bits per heavy atom. The van der Waals surface area contributed by atoms with Crippen molar-refractivity contribution in [1.29, 1.82) is 0 Å². The van der Waals surface area contributed by atoms with Gasteiger partial charge in [-0.1, -0.05) is 196 Å². The van der Waals surface area contributed by atoms with Crippen LogP contribution in [0.4, 0.5) is 34.1 Å². The molecule has 0 saturated carbocycles. The summed E-state index contributed by atoms with van der Waals surface area (Å²) in [5.41, 5.74) is 22.1. The van der Waals surface area contributed by atoms with Crippen molar-refractivity contribution in [3.05, 3.63) is 172 Å². The second kappa shape index (κ2) is 15.6. The molecule has 0 spiro atoms. The van der Waals surface area contributed by atoms with Crippen LogP contribution in [-0.2, 0) is 32.5 Å². The van der Waals surface area contributed by atoms with E-state index in [9.17, 15) is 0 Å². The molecule has 0 atom stereocenters. The monoisotopic (exact) mass is 910 g/mol. The SMILES string of the molecule is [2H]C([2H])([2H])c1cc2c3c(c1)N(c1ccc(C(C)(C)C)cc1-c1ccc(-c4ccc(C(C)(C)C)cc4)cc1)c1cc4c(cc1B3c1cc(C(C)(C)C)ccc1N2c1ccc(C(C)(C)C)cc1)C(C)(C)CC4(C)C. The molecule has 0 fully saturated rings. The van der Waals surface area contributed by atoms with Gasteiger partial charge in [-0.25, -0.2) is 0 Å². The van der Waals surface area contributed by atoms with E-state index in [1.807, 2.05) is 12.1 Å². The number of benzene rings is 7. The number of aryl methyl sites for hydroxylation is 1. The van der Waals surface area contributed by atoms with E-state index in [4.69, 9.17) is 4.11 Å². The highest BCUT2D eigenvalue weighted by molar-refractivity contribution is 7.00. The summed E-state index contributed by atoms with van der Waals surface area (Å²) in [6.07, 6.45) is 1.03. The molecule has 2 nitrogen and oxygen atoms in total. The van der Waals surface area contributed by atoms with Crippen LogP contribution in [-0.4, -0.2) is 6.71 Å². The van der Waals surface area contributed by atoms with Crippen molar-refractivity contribution >= 4 is 57.2 Å². The average molecular weight is 910 g/mol. The molecular formula is C66H75BN2. The van der Waals surface area contributed by atoms with E-state index in [0.29, 0.717) is 5.56 Å². The van der Waals surface area contributed by atoms with Crippen molar-refractivity contribution in [2.75, 3.05) is 9.80 Å². The van der Waals surface area contributed by atoms with Gasteiger partial charge in [-0.3, -0.25) is 0 Å². The molecule has 3 aliphatic rings. The van der Waals surface area contributed by atoms with Crippen molar-refractivity contribution in [2.45, 2.75) is 157 Å². The van der Waals surface area contributed by atoms with Gasteiger partial charge in [0.2, 0.25) is 0 Å². The van der Waals surface area contributed by atoms with Crippen molar-refractivity contribution in [3.8, 4) is 22.3 Å². The van der Waals surface area contributed by atoms with Gasteiger partial charge in [-0.15, -0.1) is 0 Å². The number of hydrogen-bond donors (Lipinski definition) is 0. The Kier molecular flexibility index (Phi) is 9.78. The molecule has 0 N–H and O–H groups in total. The predicted octanol–water partition coefficient (Wildman–Crippen LogP) is 16.6. The van der Waals surface area contributed by atoms with Gasteiger partial charge in [0.25, 0.3) is 6.71 Å². The zero-order valence-corrected chi connectivity index (χ0v) is 44.4. The molecule has 0 unspecified atom stereocenters. The molecule has 0 aromatic heterocycles. The highest BCUT2D eigenvalue weighted by Gasteiger charge is 2.48. The lowest BCUT2D eigenvalue weighted by Gasteiger charge is -2.45. The normalized spacial score (nSPS) is 16.8. The summed E-state index contributed by atoms with van der Waals surface area (Å²) in [5.74, 6) is 0. The van der Waals surface area contributed by atoms with Gasteiger partial charge >= 0.3 is 0 Å². The van der Waals surface area contributed by atoms with E-state index in [1.54, 1.807) is 0 Å². The third-order valence-corrected chi connectivity index (χ3v) is 15.8. The summed E-state index contributed by atoms with van der Waals surface area (Å²) >= 11 is 0. The Labute approximate surface area is 420 Å². The zero-order valence-electron chi connectivity index (χ0n) is 47.4. The smallest absolute Gasteiger partial charge is 0.252 e. The highest BCUT2D eigenvalue weighted by Crippen LogP contribution is 2.54. The summed E-state index contributed by atoms with van der Waals surface area (Å²) in [6, 6.07) is 50.1. The van der Waals surface area contributed by atoms with Gasteiger partial charge < -0.3 is 9.80 Å². The first-order valence-electron chi connectivity index (χ1n) is 26.9. The predicted molar refractivity (Wildman–Crippen MR) is 302 cm³/mol. The van der Waals surface area contributed by atoms with E-state index in [-0.39, 0.29) is 39.2 Å². The molecular weight excluding hydrogens is 832 g/mol. The number of hydrogen-bond acceptors (Lipinski definition) is 2. The Balaban J connectivity index is 1.30. The Morgan fingerprint density at radius 2 is 0.855 bits per heavy atom. The molecule has 3 heteroatoms. The van der Waals surface area contributed by atoms with Crippen molar-refractivity contribution in [2.24, 2.45) is 0 Å². The highest BCUT2D eigenvalue weighted by atomic mass is 15.2. The van der Waals surface area contributed by atoms with E-state index in [0.717, 1.165) is 57.1 Å². The summed E-state index contributed by atoms with van der Waals surface area (Å²) in [5, 5.41) is 0. The molecule has 7 aromatic rings. The van der Waals surface area contributed by atoms with Crippen LogP contribution >= 0.6 is 0 Å². The summed E-state index contributed by atoms with van der Waals surface area (Å²) in [4.78, 5) is 4.82. The zero-order chi connectivity index (χ0) is 52.0. The van der Waals surface area contributed by atoms with Crippen LogP contribution in [0, 0.1) is 6.85 Å². The molecule has 0 saturated heterocycles. The summed E-state index contributed by atoms with van der Waals surface area (Å²) < 4.78 is 27.5. The van der Waals surface area contributed by atoms with E-state index >= 15 is 0 Å². The Bertz CT molecular complexity index is 3270. The summed E-state index contributed by atoms with van der Waals surface area (Å²) in [6.45, 7) is 34.4. The van der Waals surface area contributed by atoms with E-state index in [2.05, 4.69) is 242 Å². The fourth-order valence-corrected chi connectivity index (χ4v) is 12.0. The van der Waals surface area contributed by atoms with E-state index < -0.39 is 6.85 Å². The lowest BCUT2D eigenvalue weighted by atomic mass is 9.33. The van der Waals surface area contributed by atoms with Crippen LogP contribution in [0.25, 0.3) is 22.3 Å². The minimum Gasteiger partial charge on any atom is -0.311 e. The van der Waals surface area contributed by atoms with Crippen LogP contribution in [0.1, 0.15) is 160 Å². The number of nitrogens with zero attached hydrogens (tertiary/aromatic N) is 2. The molecule has 69 heavy (non-hydrogen) atoms. The quantitative estimate of drug-likeness (QED) is 0.162. The standard InChI is InChI=1S/C66H75BN2/c1-41-34-58-60-59(35-41)69(55-32-28-47(63(8,9)10)36-50(55)44-20-18-42(19-21-44)43-22-24-45(25-23-43)61(2,3)4)57-39-52-51(65(14,15)40-66(52,16)17)38-54(57)67(60)53-37-48(64(11,12)13)29-33-56(53)68(58)49-30-26-46(27-31-49)62(5,6)7/h18-39H,40H2,1-17H3/i1D3. The maximum absolute atomic E-state index is 9.15. The maximum atomic E-state index is 9.15. The number of fused-ring (bicyclic) bond motifs is 5. The first kappa shape index (κ1) is 43.2. The molecule has 352 valence electrons. The largest absolute Gasteiger partial charge is 0.311 e. The van der Waals surface area contributed by atoms with Gasteiger partial charge in [0.15, 0.2) is 0 Å². The molecule has 2 heterocycles. The van der Waals surface area contributed by atoms with Gasteiger partial charge in [0.1, 0.15) is 0 Å². The van der Waals surface area contributed by atoms with Crippen molar-refractivity contribution in [1.82, 2.24) is 0 Å². The third kappa shape index (κ3) is 7.97. The second-order valence-electron chi connectivity index (χ2n) is 26.1. The average Bonchev–Trinajstić information content (AvgIpc) is 3.47. The molecule has 0 bridgehead atoms. The molecule has 0 amide bonds. The summed E-state index contributed by atoms with van der Waals surface area (Å²) in [7, 11) is 0. The maximum Gasteiger partial charge on any atom is 0.252 e.